The van der Waals surface area contributed by atoms with Gasteiger partial charge in [0.05, 0.1) is 9.75 Å². The SMILES string of the molecule is O=C(N[C@@H]1C[C@H]2CC[C@@H]1N2)c1ccc(-c2nncs2)s1. The minimum absolute atomic E-state index is 0.0325. The number of rotatable bonds is 3. The summed E-state index contributed by atoms with van der Waals surface area (Å²) in [5.74, 6) is 0.0325. The van der Waals surface area contributed by atoms with Crippen LogP contribution in [0, 0.1) is 0 Å². The largest absolute Gasteiger partial charge is 0.347 e. The standard InChI is InChI=1S/C13H14N4OS2/c18-12(16-9-5-7-1-2-8(9)15-7)10-3-4-11(20-10)13-17-14-6-19-13/h3-4,6-9,15H,1-2,5H2,(H,16,18)/t7-,8+,9-/m1/s1. The van der Waals surface area contributed by atoms with Gasteiger partial charge in [0.1, 0.15) is 5.51 Å². The Bertz CT molecular complexity index is 624. The highest BCUT2D eigenvalue weighted by Crippen LogP contribution is 2.31. The van der Waals surface area contributed by atoms with E-state index in [1.165, 1.54) is 35.5 Å². The van der Waals surface area contributed by atoms with Crippen molar-refractivity contribution in [2.75, 3.05) is 0 Å². The van der Waals surface area contributed by atoms with Crippen LogP contribution in [0.3, 0.4) is 0 Å². The fourth-order valence-electron chi connectivity index (χ4n) is 3.08. The Balaban J connectivity index is 1.46. The fraction of sp³-hybridized carbons (Fsp3) is 0.462. The third-order valence-corrected chi connectivity index (χ3v) is 5.96. The van der Waals surface area contributed by atoms with E-state index in [1.807, 2.05) is 12.1 Å². The molecule has 104 valence electrons. The Morgan fingerprint density at radius 2 is 2.35 bits per heavy atom. The zero-order chi connectivity index (χ0) is 13.5. The van der Waals surface area contributed by atoms with Gasteiger partial charge >= 0.3 is 0 Å². The van der Waals surface area contributed by atoms with Gasteiger partial charge in [-0.05, 0) is 31.4 Å². The molecule has 4 heterocycles. The van der Waals surface area contributed by atoms with Crippen LogP contribution in [0.4, 0.5) is 0 Å². The average Bonchev–Trinajstić information content (AvgIpc) is 3.21. The highest BCUT2D eigenvalue weighted by Gasteiger charge is 2.39. The molecule has 2 fully saturated rings. The topological polar surface area (TPSA) is 66.9 Å². The lowest BCUT2D eigenvalue weighted by Gasteiger charge is -2.20. The Morgan fingerprint density at radius 1 is 1.40 bits per heavy atom. The van der Waals surface area contributed by atoms with Crippen LogP contribution in [-0.4, -0.2) is 34.2 Å². The van der Waals surface area contributed by atoms with E-state index in [0.29, 0.717) is 12.1 Å². The smallest absolute Gasteiger partial charge is 0.261 e. The Hall–Kier alpha value is -1.31. The van der Waals surface area contributed by atoms with E-state index in [4.69, 9.17) is 0 Å². The summed E-state index contributed by atoms with van der Waals surface area (Å²) in [5, 5.41) is 15.4. The van der Waals surface area contributed by atoms with Gasteiger partial charge in [0.2, 0.25) is 0 Å². The molecule has 0 radical (unpaired) electrons. The molecule has 0 aliphatic carbocycles. The van der Waals surface area contributed by atoms with Crippen molar-refractivity contribution in [2.24, 2.45) is 0 Å². The molecule has 0 aromatic carbocycles. The number of carbonyl (C=O) groups is 1. The first-order valence-electron chi connectivity index (χ1n) is 6.73. The van der Waals surface area contributed by atoms with Gasteiger partial charge in [-0.2, -0.15) is 0 Å². The molecule has 0 spiro atoms. The lowest BCUT2D eigenvalue weighted by molar-refractivity contribution is 0.0935. The average molecular weight is 306 g/mol. The van der Waals surface area contributed by atoms with Crippen molar-refractivity contribution in [1.82, 2.24) is 20.8 Å². The van der Waals surface area contributed by atoms with Crippen molar-refractivity contribution in [3.05, 3.63) is 22.5 Å². The minimum atomic E-state index is 0.0325. The van der Waals surface area contributed by atoms with Gasteiger partial charge in [0, 0.05) is 18.1 Å². The summed E-state index contributed by atoms with van der Waals surface area (Å²) in [6.45, 7) is 0. The molecule has 0 unspecified atom stereocenters. The van der Waals surface area contributed by atoms with Gasteiger partial charge in [-0.1, -0.05) is 11.3 Å². The lowest BCUT2D eigenvalue weighted by atomic mass is 9.95. The normalized spacial score (nSPS) is 27.9. The molecule has 2 N–H and O–H groups in total. The molecule has 2 bridgehead atoms. The van der Waals surface area contributed by atoms with E-state index in [1.54, 1.807) is 5.51 Å². The van der Waals surface area contributed by atoms with E-state index < -0.39 is 0 Å². The third-order valence-electron chi connectivity index (χ3n) is 4.02. The van der Waals surface area contributed by atoms with Crippen molar-refractivity contribution < 1.29 is 4.79 Å². The van der Waals surface area contributed by atoms with Crippen molar-refractivity contribution in [1.29, 1.82) is 0 Å². The first-order valence-corrected chi connectivity index (χ1v) is 8.42. The van der Waals surface area contributed by atoms with E-state index in [9.17, 15) is 4.79 Å². The van der Waals surface area contributed by atoms with Crippen molar-refractivity contribution in [2.45, 2.75) is 37.4 Å². The van der Waals surface area contributed by atoms with Crippen molar-refractivity contribution >= 4 is 28.6 Å². The Labute approximate surface area is 124 Å². The van der Waals surface area contributed by atoms with Crippen LogP contribution in [0.2, 0.25) is 0 Å². The van der Waals surface area contributed by atoms with E-state index in [-0.39, 0.29) is 11.9 Å². The second kappa shape index (κ2) is 4.91. The molecule has 0 saturated carbocycles. The van der Waals surface area contributed by atoms with Gasteiger partial charge in [-0.25, -0.2) is 0 Å². The molecule has 2 aromatic rings. The number of nitrogens with one attached hydrogen (secondary N) is 2. The first kappa shape index (κ1) is 12.4. The molecule has 2 aliphatic heterocycles. The van der Waals surface area contributed by atoms with Crippen LogP contribution in [-0.2, 0) is 0 Å². The van der Waals surface area contributed by atoms with Crippen LogP contribution in [0.5, 0.6) is 0 Å². The third kappa shape index (κ3) is 2.15. The molecule has 20 heavy (non-hydrogen) atoms. The maximum atomic E-state index is 12.3. The summed E-state index contributed by atoms with van der Waals surface area (Å²) in [6, 6.07) is 5.17. The van der Waals surface area contributed by atoms with Crippen molar-refractivity contribution in [3.63, 3.8) is 0 Å². The summed E-state index contributed by atoms with van der Waals surface area (Å²) >= 11 is 2.97. The molecule has 7 heteroatoms. The summed E-state index contributed by atoms with van der Waals surface area (Å²) in [4.78, 5) is 14.1. The number of amides is 1. The van der Waals surface area contributed by atoms with Crippen molar-refractivity contribution in [3.8, 4) is 9.88 Å². The lowest BCUT2D eigenvalue weighted by Crippen LogP contribution is -2.42. The summed E-state index contributed by atoms with van der Waals surface area (Å²) in [7, 11) is 0. The van der Waals surface area contributed by atoms with Crippen LogP contribution < -0.4 is 10.6 Å². The maximum Gasteiger partial charge on any atom is 0.261 e. The fourth-order valence-corrected chi connectivity index (χ4v) is 4.61. The predicted octanol–water partition coefficient (Wildman–Crippen LogP) is 1.89. The van der Waals surface area contributed by atoms with Crippen LogP contribution in [0.1, 0.15) is 28.9 Å². The Morgan fingerprint density at radius 3 is 3.05 bits per heavy atom. The Kier molecular flexibility index (Phi) is 3.05. The number of nitrogens with zero attached hydrogens (tertiary/aromatic N) is 2. The molecule has 2 aromatic heterocycles. The highest BCUT2D eigenvalue weighted by atomic mass is 32.1. The quantitative estimate of drug-likeness (QED) is 0.909. The van der Waals surface area contributed by atoms with Gasteiger partial charge < -0.3 is 10.6 Å². The summed E-state index contributed by atoms with van der Waals surface area (Å²) in [6.07, 6.45) is 3.48. The number of carbonyl (C=O) groups excluding carboxylic acids is 1. The maximum absolute atomic E-state index is 12.3. The second-order valence-electron chi connectivity index (χ2n) is 5.27. The molecular weight excluding hydrogens is 292 g/mol. The number of aromatic nitrogens is 2. The summed E-state index contributed by atoms with van der Waals surface area (Å²) < 4.78 is 0. The van der Waals surface area contributed by atoms with E-state index in [2.05, 4.69) is 20.8 Å². The monoisotopic (exact) mass is 306 g/mol. The minimum Gasteiger partial charge on any atom is -0.347 e. The van der Waals surface area contributed by atoms with Gasteiger partial charge in [0.15, 0.2) is 5.01 Å². The van der Waals surface area contributed by atoms with Crippen LogP contribution in [0.25, 0.3) is 9.88 Å². The zero-order valence-electron chi connectivity index (χ0n) is 10.7. The highest BCUT2D eigenvalue weighted by molar-refractivity contribution is 7.22. The molecule has 5 nitrogen and oxygen atoms in total. The molecular formula is C13H14N4OS2. The number of thiophene rings is 1. The summed E-state index contributed by atoms with van der Waals surface area (Å²) in [5.41, 5.74) is 1.70. The van der Waals surface area contributed by atoms with Gasteiger partial charge in [-0.3, -0.25) is 4.79 Å². The molecule has 1 amide bonds. The first-order chi connectivity index (χ1) is 9.79. The van der Waals surface area contributed by atoms with E-state index in [0.717, 1.165) is 21.2 Å². The van der Waals surface area contributed by atoms with E-state index >= 15 is 0 Å². The van der Waals surface area contributed by atoms with Crippen LogP contribution in [0.15, 0.2) is 17.6 Å². The number of hydrogen-bond donors (Lipinski definition) is 2. The van der Waals surface area contributed by atoms with Gasteiger partial charge in [0.25, 0.3) is 5.91 Å². The number of fused-ring (bicyclic) bond motifs is 2. The molecule has 2 aliphatic rings. The van der Waals surface area contributed by atoms with Gasteiger partial charge in [-0.15, -0.1) is 21.5 Å². The zero-order valence-corrected chi connectivity index (χ0v) is 12.3. The molecule has 3 atom stereocenters. The van der Waals surface area contributed by atoms with Crippen LogP contribution >= 0.6 is 22.7 Å². The number of hydrogen-bond acceptors (Lipinski definition) is 6. The molecule has 4 rings (SSSR count). The second-order valence-corrected chi connectivity index (χ2v) is 7.19. The molecule has 2 saturated heterocycles. The predicted molar refractivity (Wildman–Crippen MR) is 79.0 cm³/mol.